The second kappa shape index (κ2) is 8.73. The van der Waals surface area contributed by atoms with Crippen LogP contribution in [0.5, 0.6) is 11.6 Å². The van der Waals surface area contributed by atoms with E-state index in [1.165, 1.54) is 5.56 Å². The summed E-state index contributed by atoms with van der Waals surface area (Å²) in [5.74, 6) is 0.702. The lowest BCUT2D eigenvalue weighted by Gasteiger charge is -2.31. The highest BCUT2D eigenvalue weighted by Gasteiger charge is 2.21. The van der Waals surface area contributed by atoms with Gasteiger partial charge in [-0.2, -0.15) is 0 Å². The molecule has 0 unspecified atom stereocenters. The number of hydrogen-bond acceptors (Lipinski definition) is 5. The standard InChI is InChI=1S/C24H23FN4O2/c25-31-21-8-4-7-19(15-21)22-16-26-23-9-10-24(27-29(22)23)30-20-11-13-28(14-12-20)17-18-5-2-1-3-6-18/h1-10,15-16,20H,11-14,17H2. The molecule has 6 nitrogen and oxygen atoms in total. The molecule has 31 heavy (non-hydrogen) atoms. The smallest absolute Gasteiger partial charge is 0.232 e. The van der Waals surface area contributed by atoms with E-state index in [0.29, 0.717) is 11.5 Å². The summed E-state index contributed by atoms with van der Waals surface area (Å²) in [6.45, 7) is 2.96. The van der Waals surface area contributed by atoms with Crippen LogP contribution in [0.1, 0.15) is 18.4 Å². The summed E-state index contributed by atoms with van der Waals surface area (Å²) in [5, 5.41) is 4.63. The summed E-state index contributed by atoms with van der Waals surface area (Å²) >= 11 is 0. The zero-order chi connectivity index (χ0) is 21.0. The monoisotopic (exact) mass is 418 g/mol. The van der Waals surface area contributed by atoms with Crippen molar-refractivity contribution in [3.8, 4) is 22.9 Å². The number of fused-ring (bicyclic) bond motifs is 1. The van der Waals surface area contributed by atoms with E-state index >= 15 is 0 Å². The van der Waals surface area contributed by atoms with Crippen molar-refractivity contribution in [1.82, 2.24) is 19.5 Å². The van der Waals surface area contributed by atoms with Gasteiger partial charge in [-0.25, -0.2) is 9.50 Å². The van der Waals surface area contributed by atoms with Gasteiger partial charge in [-0.15, -0.1) is 5.10 Å². The van der Waals surface area contributed by atoms with E-state index in [1.807, 2.05) is 24.3 Å². The number of imidazole rings is 1. The molecule has 0 radical (unpaired) electrons. The number of ether oxygens (including phenoxy) is 1. The number of rotatable bonds is 6. The van der Waals surface area contributed by atoms with Gasteiger partial charge in [-0.1, -0.05) is 42.5 Å². The molecule has 3 heterocycles. The van der Waals surface area contributed by atoms with Crippen LogP contribution in [0.4, 0.5) is 4.53 Å². The minimum atomic E-state index is 0.132. The lowest BCUT2D eigenvalue weighted by atomic mass is 10.1. The summed E-state index contributed by atoms with van der Waals surface area (Å²) in [6, 6.07) is 21.0. The van der Waals surface area contributed by atoms with E-state index in [4.69, 9.17) is 4.74 Å². The fourth-order valence-corrected chi connectivity index (χ4v) is 4.02. The van der Waals surface area contributed by atoms with Crippen LogP contribution in [0, 0.1) is 0 Å². The highest BCUT2D eigenvalue weighted by atomic mass is 19.3. The largest absolute Gasteiger partial charge is 0.473 e. The van der Waals surface area contributed by atoms with Crippen LogP contribution >= 0.6 is 0 Å². The summed E-state index contributed by atoms with van der Waals surface area (Å²) in [6.07, 6.45) is 3.76. The van der Waals surface area contributed by atoms with E-state index in [1.54, 1.807) is 28.9 Å². The van der Waals surface area contributed by atoms with E-state index in [0.717, 1.165) is 43.7 Å². The molecule has 158 valence electrons. The molecule has 0 amide bonds. The van der Waals surface area contributed by atoms with Crippen molar-refractivity contribution in [3.05, 3.63) is 78.5 Å². The molecule has 1 saturated heterocycles. The number of aromatic nitrogens is 3. The van der Waals surface area contributed by atoms with Crippen molar-refractivity contribution in [2.45, 2.75) is 25.5 Å². The second-order valence-corrected chi connectivity index (χ2v) is 7.77. The Morgan fingerprint density at radius 2 is 1.81 bits per heavy atom. The van der Waals surface area contributed by atoms with Crippen LogP contribution in [0.3, 0.4) is 0 Å². The summed E-state index contributed by atoms with van der Waals surface area (Å²) in [7, 11) is 0. The first-order chi connectivity index (χ1) is 15.3. The molecule has 2 aromatic heterocycles. The predicted molar refractivity (Wildman–Crippen MR) is 116 cm³/mol. The van der Waals surface area contributed by atoms with Crippen LogP contribution in [-0.2, 0) is 6.54 Å². The van der Waals surface area contributed by atoms with Crippen molar-refractivity contribution in [2.75, 3.05) is 13.1 Å². The Morgan fingerprint density at radius 3 is 2.61 bits per heavy atom. The molecule has 0 N–H and O–H groups in total. The number of hydrogen-bond donors (Lipinski definition) is 0. The van der Waals surface area contributed by atoms with E-state index < -0.39 is 0 Å². The number of piperidine rings is 1. The highest BCUT2D eigenvalue weighted by Crippen LogP contribution is 2.26. The highest BCUT2D eigenvalue weighted by molar-refractivity contribution is 5.64. The summed E-state index contributed by atoms with van der Waals surface area (Å²) < 4.78 is 20.5. The maximum absolute atomic E-state index is 12.6. The molecular weight excluding hydrogens is 395 g/mol. The Morgan fingerprint density at radius 1 is 0.968 bits per heavy atom. The molecule has 0 atom stereocenters. The molecule has 2 aromatic carbocycles. The molecule has 0 saturated carbocycles. The topological polar surface area (TPSA) is 51.9 Å². The summed E-state index contributed by atoms with van der Waals surface area (Å²) in [4.78, 5) is 10.7. The summed E-state index contributed by atoms with van der Waals surface area (Å²) in [5.41, 5.74) is 3.55. The van der Waals surface area contributed by atoms with Gasteiger partial charge in [0.15, 0.2) is 11.4 Å². The lowest BCUT2D eigenvalue weighted by Crippen LogP contribution is -2.37. The molecule has 0 aliphatic carbocycles. The quantitative estimate of drug-likeness (QED) is 0.454. The Hall–Kier alpha value is -3.45. The van der Waals surface area contributed by atoms with Gasteiger partial charge in [0.05, 0.1) is 11.9 Å². The van der Waals surface area contributed by atoms with Crippen molar-refractivity contribution in [1.29, 1.82) is 0 Å². The molecule has 4 aromatic rings. The number of halogens is 1. The Kier molecular flexibility index (Phi) is 5.50. The number of nitrogens with zero attached hydrogens (tertiary/aromatic N) is 4. The van der Waals surface area contributed by atoms with Crippen LogP contribution < -0.4 is 9.68 Å². The molecule has 5 rings (SSSR count). The molecule has 7 heteroatoms. The van der Waals surface area contributed by atoms with Gasteiger partial charge in [0, 0.05) is 35.8 Å². The van der Waals surface area contributed by atoms with Gasteiger partial charge in [0.2, 0.25) is 5.88 Å². The van der Waals surface area contributed by atoms with Crippen molar-refractivity contribution in [2.24, 2.45) is 0 Å². The SMILES string of the molecule is FOc1cccc(-c2cnc3ccc(OC4CCN(Cc5ccccc5)CC4)nn23)c1. The zero-order valence-electron chi connectivity index (χ0n) is 17.0. The van der Waals surface area contributed by atoms with Gasteiger partial charge >= 0.3 is 0 Å². The van der Waals surface area contributed by atoms with Gasteiger partial charge in [0.1, 0.15) is 6.10 Å². The number of benzene rings is 2. The third-order valence-corrected chi connectivity index (χ3v) is 5.63. The van der Waals surface area contributed by atoms with Gasteiger partial charge < -0.3 is 4.74 Å². The minimum absolute atomic E-state index is 0.132. The van der Waals surface area contributed by atoms with E-state index in [9.17, 15) is 4.53 Å². The molecule has 1 fully saturated rings. The Balaban J connectivity index is 1.27. The minimum Gasteiger partial charge on any atom is -0.473 e. The fourth-order valence-electron chi connectivity index (χ4n) is 4.02. The van der Waals surface area contributed by atoms with Crippen molar-refractivity contribution >= 4 is 5.65 Å². The van der Waals surface area contributed by atoms with Gasteiger partial charge in [0.25, 0.3) is 0 Å². The van der Waals surface area contributed by atoms with Crippen LogP contribution in [-0.4, -0.2) is 38.7 Å². The van der Waals surface area contributed by atoms with Crippen LogP contribution in [0.15, 0.2) is 72.9 Å². The molecule has 0 spiro atoms. The third-order valence-electron chi connectivity index (χ3n) is 5.63. The lowest BCUT2D eigenvalue weighted by molar-refractivity contribution is -0.00614. The second-order valence-electron chi connectivity index (χ2n) is 7.77. The fraction of sp³-hybridized carbons (Fsp3) is 0.250. The Labute approximate surface area is 179 Å². The van der Waals surface area contributed by atoms with Crippen LogP contribution in [0.2, 0.25) is 0 Å². The van der Waals surface area contributed by atoms with Crippen LogP contribution in [0.25, 0.3) is 16.9 Å². The average molecular weight is 418 g/mol. The first-order valence-corrected chi connectivity index (χ1v) is 10.5. The average Bonchev–Trinajstić information content (AvgIpc) is 3.24. The first-order valence-electron chi connectivity index (χ1n) is 10.5. The van der Waals surface area contributed by atoms with Gasteiger partial charge in [-0.3, -0.25) is 9.84 Å². The third kappa shape index (κ3) is 4.36. The first kappa shape index (κ1) is 19.5. The normalized spacial score (nSPS) is 15.3. The maximum Gasteiger partial charge on any atom is 0.232 e. The predicted octanol–water partition coefficient (Wildman–Crippen LogP) is 4.70. The van der Waals surface area contributed by atoms with Crippen molar-refractivity contribution < 1.29 is 14.2 Å². The molecular formula is C24H23FN4O2. The van der Waals surface area contributed by atoms with Crippen molar-refractivity contribution in [3.63, 3.8) is 0 Å². The number of likely N-dealkylation sites (tertiary alicyclic amines) is 1. The van der Waals surface area contributed by atoms with Gasteiger partial charge in [-0.05, 0) is 36.6 Å². The molecule has 1 aliphatic rings. The molecule has 1 aliphatic heterocycles. The Bertz CT molecular complexity index is 1160. The maximum atomic E-state index is 12.6. The molecule has 0 bridgehead atoms. The van der Waals surface area contributed by atoms with E-state index in [2.05, 4.69) is 44.2 Å². The zero-order valence-corrected chi connectivity index (χ0v) is 17.0. The van der Waals surface area contributed by atoms with E-state index in [-0.39, 0.29) is 11.9 Å².